The highest BCUT2D eigenvalue weighted by Gasteiger charge is 2.38. The Morgan fingerprint density at radius 1 is 1.09 bits per heavy atom. The molecule has 0 aliphatic carbocycles. The maximum atomic E-state index is 13.0. The number of ether oxygens (including phenoxy) is 2. The molecule has 1 atom stereocenters. The summed E-state index contributed by atoms with van der Waals surface area (Å²) in [5.74, 6) is -0.251. The number of carbonyl (C=O) groups excluding carboxylic acids is 2. The molecule has 33 heavy (non-hydrogen) atoms. The molecule has 1 amide bonds. The summed E-state index contributed by atoms with van der Waals surface area (Å²) in [6.45, 7) is 7.52. The van der Waals surface area contributed by atoms with Crippen LogP contribution in [0.15, 0.2) is 57.7 Å². The van der Waals surface area contributed by atoms with Crippen molar-refractivity contribution in [3.8, 4) is 16.9 Å². The molecule has 1 fully saturated rings. The summed E-state index contributed by atoms with van der Waals surface area (Å²) in [5.41, 5.74) is 1.39. The van der Waals surface area contributed by atoms with Crippen LogP contribution in [0, 0.1) is 6.92 Å². The van der Waals surface area contributed by atoms with Crippen LogP contribution in [0.3, 0.4) is 0 Å². The van der Waals surface area contributed by atoms with E-state index in [-0.39, 0.29) is 5.75 Å². The second-order valence-corrected chi connectivity index (χ2v) is 9.16. The summed E-state index contributed by atoms with van der Waals surface area (Å²) < 4.78 is 16.6. The monoisotopic (exact) mass is 449 g/mol. The predicted molar refractivity (Wildman–Crippen MR) is 124 cm³/mol. The molecule has 0 spiro atoms. The fourth-order valence-electron chi connectivity index (χ4n) is 4.04. The van der Waals surface area contributed by atoms with E-state index in [1.54, 1.807) is 39.8 Å². The van der Waals surface area contributed by atoms with Crippen molar-refractivity contribution in [3.63, 3.8) is 0 Å². The molecule has 1 aliphatic heterocycles. The maximum Gasteiger partial charge on any atom is 0.411 e. The Labute approximate surface area is 191 Å². The van der Waals surface area contributed by atoms with Crippen molar-refractivity contribution >= 4 is 23.0 Å². The fraction of sp³-hybridized carbons (Fsp3) is 0.346. The Morgan fingerprint density at radius 3 is 2.52 bits per heavy atom. The zero-order chi connectivity index (χ0) is 23.8. The maximum absolute atomic E-state index is 13.0. The standard InChI is InChI=1S/C26H27NO6/c1-16-21(31-24(29)20-11-8-14-27(20)25(30)33-26(2,3)4)13-12-18-19(15-22(28)32-23(16)18)17-9-6-5-7-10-17/h5-7,9-10,12-13,15,20H,8,11,14H2,1-4H3. The number of nitrogens with zero attached hydrogens (tertiary/aromatic N) is 1. The van der Waals surface area contributed by atoms with Crippen molar-refractivity contribution in [1.82, 2.24) is 4.90 Å². The average Bonchev–Trinajstić information content (AvgIpc) is 3.25. The Hall–Kier alpha value is -3.61. The van der Waals surface area contributed by atoms with Gasteiger partial charge >= 0.3 is 17.7 Å². The minimum atomic E-state index is -0.724. The second kappa shape index (κ2) is 8.73. The number of benzene rings is 2. The summed E-state index contributed by atoms with van der Waals surface area (Å²) in [4.78, 5) is 39.2. The van der Waals surface area contributed by atoms with Crippen LogP contribution in [0.1, 0.15) is 39.2 Å². The van der Waals surface area contributed by atoms with Crippen LogP contribution in [-0.2, 0) is 9.53 Å². The van der Waals surface area contributed by atoms with Crippen LogP contribution in [0.2, 0.25) is 0 Å². The summed E-state index contributed by atoms with van der Waals surface area (Å²) in [6, 6.07) is 13.7. The van der Waals surface area contributed by atoms with E-state index in [1.807, 2.05) is 30.3 Å². The smallest absolute Gasteiger partial charge is 0.411 e. The van der Waals surface area contributed by atoms with Crippen LogP contribution in [0.4, 0.5) is 4.79 Å². The minimum absolute atomic E-state index is 0.289. The van der Waals surface area contributed by atoms with Crippen LogP contribution in [-0.4, -0.2) is 35.2 Å². The lowest BCUT2D eigenvalue weighted by atomic mass is 10.0. The van der Waals surface area contributed by atoms with Gasteiger partial charge in [-0.25, -0.2) is 14.4 Å². The van der Waals surface area contributed by atoms with Crippen molar-refractivity contribution < 1.29 is 23.5 Å². The van der Waals surface area contributed by atoms with Gasteiger partial charge in [-0.05, 0) is 63.8 Å². The zero-order valence-electron chi connectivity index (χ0n) is 19.2. The van der Waals surface area contributed by atoms with Gasteiger partial charge in [0, 0.05) is 23.6 Å². The highest BCUT2D eigenvalue weighted by molar-refractivity contribution is 5.96. The first-order chi connectivity index (χ1) is 15.6. The lowest BCUT2D eigenvalue weighted by Crippen LogP contribution is -2.44. The van der Waals surface area contributed by atoms with Crippen LogP contribution >= 0.6 is 0 Å². The van der Waals surface area contributed by atoms with Gasteiger partial charge < -0.3 is 13.9 Å². The Kier molecular flexibility index (Phi) is 5.97. The molecule has 7 heteroatoms. The van der Waals surface area contributed by atoms with E-state index in [0.29, 0.717) is 30.5 Å². The fourth-order valence-corrected chi connectivity index (χ4v) is 4.04. The van der Waals surface area contributed by atoms with Crippen molar-refractivity contribution in [2.75, 3.05) is 6.54 Å². The first-order valence-electron chi connectivity index (χ1n) is 11.0. The van der Waals surface area contributed by atoms with E-state index in [2.05, 4.69) is 0 Å². The quantitative estimate of drug-likeness (QED) is 0.315. The van der Waals surface area contributed by atoms with E-state index in [4.69, 9.17) is 13.9 Å². The van der Waals surface area contributed by atoms with Gasteiger partial charge in [0.05, 0.1) is 0 Å². The molecule has 2 heterocycles. The number of rotatable bonds is 3. The molecular formula is C26H27NO6. The highest BCUT2D eigenvalue weighted by atomic mass is 16.6. The Bertz CT molecular complexity index is 1260. The molecule has 2 aromatic carbocycles. The predicted octanol–water partition coefficient (Wildman–Crippen LogP) is 5.07. The minimum Gasteiger partial charge on any atom is -0.444 e. The number of hydrogen-bond acceptors (Lipinski definition) is 6. The van der Waals surface area contributed by atoms with Crippen molar-refractivity contribution in [3.05, 3.63) is 64.5 Å². The van der Waals surface area contributed by atoms with Crippen molar-refractivity contribution in [2.45, 2.75) is 52.2 Å². The molecule has 4 rings (SSSR count). The molecule has 1 saturated heterocycles. The summed E-state index contributed by atoms with van der Waals surface area (Å²) in [6.07, 6.45) is 0.652. The lowest BCUT2D eigenvalue weighted by Gasteiger charge is -2.27. The molecule has 3 aromatic rings. The van der Waals surface area contributed by atoms with Crippen LogP contribution in [0.5, 0.6) is 5.75 Å². The molecule has 1 unspecified atom stereocenters. The van der Waals surface area contributed by atoms with Gasteiger partial charge in [-0.1, -0.05) is 30.3 Å². The van der Waals surface area contributed by atoms with Crippen LogP contribution < -0.4 is 10.4 Å². The normalized spacial score (nSPS) is 16.1. The van der Waals surface area contributed by atoms with E-state index in [1.165, 1.54) is 11.0 Å². The summed E-state index contributed by atoms with van der Waals surface area (Å²) in [7, 11) is 0. The van der Waals surface area contributed by atoms with Gasteiger partial charge in [0.2, 0.25) is 0 Å². The first kappa shape index (κ1) is 22.6. The molecule has 1 aromatic heterocycles. The van der Waals surface area contributed by atoms with E-state index < -0.39 is 29.3 Å². The number of amides is 1. The molecule has 1 aliphatic rings. The van der Waals surface area contributed by atoms with Crippen molar-refractivity contribution in [1.29, 1.82) is 0 Å². The molecule has 172 valence electrons. The Balaban J connectivity index is 1.63. The van der Waals surface area contributed by atoms with Gasteiger partial charge in [0.15, 0.2) is 0 Å². The third-order valence-electron chi connectivity index (χ3n) is 5.56. The highest BCUT2D eigenvalue weighted by Crippen LogP contribution is 2.33. The summed E-state index contributed by atoms with van der Waals surface area (Å²) >= 11 is 0. The first-order valence-corrected chi connectivity index (χ1v) is 11.0. The van der Waals surface area contributed by atoms with Gasteiger partial charge in [-0.15, -0.1) is 0 Å². The number of aryl methyl sites for hydroxylation is 1. The topological polar surface area (TPSA) is 86.0 Å². The van der Waals surface area contributed by atoms with Gasteiger partial charge in [-0.2, -0.15) is 0 Å². The van der Waals surface area contributed by atoms with E-state index >= 15 is 0 Å². The second-order valence-electron chi connectivity index (χ2n) is 9.16. The number of esters is 1. The van der Waals surface area contributed by atoms with Crippen molar-refractivity contribution in [2.24, 2.45) is 0 Å². The molecule has 0 bridgehead atoms. The number of likely N-dealkylation sites (tertiary alicyclic amines) is 1. The van der Waals surface area contributed by atoms with Gasteiger partial charge in [0.1, 0.15) is 23.0 Å². The largest absolute Gasteiger partial charge is 0.444 e. The number of fused-ring (bicyclic) bond motifs is 1. The average molecular weight is 450 g/mol. The van der Waals surface area contributed by atoms with E-state index in [9.17, 15) is 14.4 Å². The van der Waals surface area contributed by atoms with Crippen LogP contribution in [0.25, 0.3) is 22.1 Å². The van der Waals surface area contributed by atoms with Gasteiger partial charge in [-0.3, -0.25) is 4.90 Å². The number of carbonyl (C=O) groups is 2. The number of hydrogen-bond donors (Lipinski definition) is 0. The SMILES string of the molecule is Cc1c(OC(=O)C2CCCN2C(=O)OC(C)(C)C)ccc2c(-c3ccccc3)cc(=O)oc12. The molecular weight excluding hydrogens is 422 g/mol. The van der Waals surface area contributed by atoms with Gasteiger partial charge in [0.25, 0.3) is 0 Å². The van der Waals surface area contributed by atoms with E-state index in [0.717, 1.165) is 16.5 Å². The lowest BCUT2D eigenvalue weighted by molar-refractivity contribution is -0.139. The molecule has 7 nitrogen and oxygen atoms in total. The Morgan fingerprint density at radius 2 is 1.82 bits per heavy atom. The molecule has 0 radical (unpaired) electrons. The molecule has 0 N–H and O–H groups in total. The zero-order valence-corrected chi connectivity index (χ0v) is 19.2. The molecule has 0 saturated carbocycles. The third-order valence-corrected chi connectivity index (χ3v) is 5.56. The third kappa shape index (κ3) is 4.77. The summed E-state index contributed by atoms with van der Waals surface area (Å²) in [5, 5.41) is 0.745.